The number of hydrogen-bond donors (Lipinski definition) is 2. The smallest absolute Gasteiger partial charge is 0.308 e. The predicted octanol–water partition coefficient (Wildman–Crippen LogP) is 2.43. The van der Waals surface area contributed by atoms with E-state index in [2.05, 4.69) is 24.4 Å². The Labute approximate surface area is 150 Å². The molecule has 2 unspecified atom stereocenters. The molecule has 0 saturated heterocycles. The molecule has 2 rings (SSSR count). The highest BCUT2D eigenvalue weighted by molar-refractivity contribution is 5.77. The van der Waals surface area contributed by atoms with Crippen LogP contribution in [0.15, 0.2) is 30.3 Å². The van der Waals surface area contributed by atoms with Crippen molar-refractivity contribution in [2.24, 2.45) is 17.6 Å². The zero-order chi connectivity index (χ0) is 18.4. The van der Waals surface area contributed by atoms with Crippen molar-refractivity contribution in [3.63, 3.8) is 0 Å². The maximum Gasteiger partial charge on any atom is 0.308 e. The Balaban J connectivity index is 2.02. The third-order valence-corrected chi connectivity index (χ3v) is 5.42. The number of amides is 1. The molecule has 0 aromatic heterocycles. The normalized spacial score (nSPS) is 24.7. The van der Waals surface area contributed by atoms with Crippen LogP contribution in [0.2, 0.25) is 0 Å². The minimum atomic E-state index is -0.491. The van der Waals surface area contributed by atoms with Crippen LogP contribution in [-0.4, -0.2) is 30.6 Å². The van der Waals surface area contributed by atoms with Gasteiger partial charge in [-0.15, -0.1) is 0 Å². The van der Waals surface area contributed by atoms with E-state index in [1.54, 1.807) is 0 Å². The van der Waals surface area contributed by atoms with Gasteiger partial charge in [-0.3, -0.25) is 9.59 Å². The van der Waals surface area contributed by atoms with E-state index in [0.717, 1.165) is 19.3 Å². The quantitative estimate of drug-likeness (QED) is 0.708. The second-order valence-electron chi connectivity index (χ2n) is 7.27. The standard InChI is InChI=1S/C20H30N2O3/c1-4-15(10-16-8-6-5-7-9-16)11-18(21)20(22-14(2)23)12-17(13-20)19(24)25-3/h5-9,15,17-18H,4,10-13,21H2,1-3H3,(H,22,23). The van der Waals surface area contributed by atoms with Crippen molar-refractivity contribution in [2.75, 3.05) is 7.11 Å². The van der Waals surface area contributed by atoms with Crippen molar-refractivity contribution in [3.8, 4) is 0 Å². The third-order valence-electron chi connectivity index (χ3n) is 5.42. The Morgan fingerprint density at radius 1 is 1.32 bits per heavy atom. The number of carbonyl (C=O) groups is 2. The number of rotatable bonds is 8. The van der Waals surface area contributed by atoms with Gasteiger partial charge in [0.25, 0.3) is 0 Å². The number of nitrogens with two attached hydrogens (primary N) is 1. The molecule has 3 N–H and O–H groups in total. The summed E-state index contributed by atoms with van der Waals surface area (Å²) in [5.41, 5.74) is 7.34. The number of ether oxygens (including phenoxy) is 1. The summed E-state index contributed by atoms with van der Waals surface area (Å²) in [5.74, 6) is -0.0447. The average molecular weight is 346 g/mol. The van der Waals surface area contributed by atoms with Gasteiger partial charge >= 0.3 is 5.97 Å². The molecule has 0 heterocycles. The second kappa shape index (κ2) is 8.48. The molecule has 0 radical (unpaired) electrons. The summed E-state index contributed by atoms with van der Waals surface area (Å²) in [6.07, 6.45) is 3.94. The first-order chi connectivity index (χ1) is 11.9. The fourth-order valence-electron chi connectivity index (χ4n) is 3.93. The van der Waals surface area contributed by atoms with Crippen LogP contribution in [0, 0.1) is 11.8 Å². The lowest BCUT2D eigenvalue weighted by Gasteiger charge is -2.51. The van der Waals surface area contributed by atoms with Crippen LogP contribution in [0.3, 0.4) is 0 Å². The van der Waals surface area contributed by atoms with E-state index in [9.17, 15) is 9.59 Å². The number of carbonyl (C=O) groups excluding carboxylic acids is 2. The van der Waals surface area contributed by atoms with Gasteiger partial charge in [-0.05, 0) is 37.2 Å². The zero-order valence-electron chi connectivity index (χ0n) is 15.5. The molecule has 1 amide bonds. The summed E-state index contributed by atoms with van der Waals surface area (Å²) in [6, 6.07) is 10.2. The van der Waals surface area contributed by atoms with Crippen molar-refractivity contribution in [3.05, 3.63) is 35.9 Å². The van der Waals surface area contributed by atoms with Gasteiger partial charge < -0.3 is 15.8 Å². The Hall–Kier alpha value is -1.88. The first kappa shape index (κ1) is 19.4. The molecule has 5 nitrogen and oxygen atoms in total. The van der Waals surface area contributed by atoms with E-state index in [1.165, 1.54) is 19.6 Å². The van der Waals surface area contributed by atoms with Crippen LogP contribution in [0.4, 0.5) is 0 Å². The lowest BCUT2D eigenvalue weighted by Crippen LogP contribution is -2.68. The van der Waals surface area contributed by atoms with E-state index in [4.69, 9.17) is 10.5 Å². The van der Waals surface area contributed by atoms with Crippen molar-refractivity contribution >= 4 is 11.9 Å². The SMILES string of the molecule is CCC(Cc1ccccc1)CC(N)C1(NC(C)=O)CC(C(=O)OC)C1. The van der Waals surface area contributed by atoms with E-state index in [1.807, 2.05) is 18.2 Å². The molecule has 1 aromatic carbocycles. The Bertz CT molecular complexity index is 582. The number of methoxy groups -OCH3 is 1. The number of benzene rings is 1. The van der Waals surface area contributed by atoms with Crippen LogP contribution < -0.4 is 11.1 Å². The summed E-state index contributed by atoms with van der Waals surface area (Å²) in [5, 5.41) is 3.02. The molecular weight excluding hydrogens is 316 g/mol. The maximum atomic E-state index is 11.7. The third kappa shape index (κ3) is 4.82. The predicted molar refractivity (Wildman–Crippen MR) is 97.8 cm³/mol. The van der Waals surface area contributed by atoms with Gasteiger partial charge in [0.15, 0.2) is 0 Å². The molecule has 0 bridgehead atoms. The fraction of sp³-hybridized carbons (Fsp3) is 0.600. The van der Waals surface area contributed by atoms with E-state index in [0.29, 0.717) is 18.8 Å². The first-order valence-electron chi connectivity index (χ1n) is 9.06. The Morgan fingerprint density at radius 2 is 1.96 bits per heavy atom. The van der Waals surface area contributed by atoms with Gasteiger partial charge in [0.2, 0.25) is 5.91 Å². The minimum Gasteiger partial charge on any atom is -0.469 e. The molecule has 2 atom stereocenters. The van der Waals surface area contributed by atoms with Gasteiger partial charge in [-0.25, -0.2) is 0 Å². The highest BCUT2D eigenvalue weighted by Gasteiger charge is 2.52. The molecule has 1 fully saturated rings. The van der Waals surface area contributed by atoms with Crippen LogP contribution in [0.1, 0.15) is 45.1 Å². The summed E-state index contributed by atoms with van der Waals surface area (Å²) in [7, 11) is 1.40. The lowest BCUT2D eigenvalue weighted by molar-refractivity contribution is -0.153. The molecule has 25 heavy (non-hydrogen) atoms. The number of hydrogen-bond acceptors (Lipinski definition) is 4. The monoisotopic (exact) mass is 346 g/mol. The van der Waals surface area contributed by atoms with Gasteiger partial charge in [-0.1, -0.05) is 43.7 Å². The molecule has 0 aliphatic heterocycles. The highest BCUT2D eigenvalue weighted by atomic mass is 16.5. The molecule has 5 heteroatoms. The van der Waals surface area contributed by atoms with Crippen molar-refractivity contribution in [1.29, 1.82) is 0 Å². The van der Waals surface area contributed by atoms with Gasteiger partial charge in [-0.2, -0.15) is 0 Å². The summed E-state index contributed by atoms with van der Waals surface area (Å²) >= 11 is 0. The minimum absolute atomic E-state index is 0.102. The molecule has 0 spiro atoms. The second-order valence-corrected chi connectivity index (χ2v) is 7.27. The fourth-order valence-corrected chi connectivity index (χ4v) is 3.93. The Kier molecular flexibility index (Phi) is 6.59. The Morgan fingerprint density at radius 3 is 2.48 bits per heavy atom. The molecule has 1 saturated carbocycles. The van der Waals surface area contributed by atoms with Gasteiger partial charge in [0.05, 0.1) is 18.6 Å². The number of nitrogens with one attached hydrogen (secondary N) is 1. The zero-order valence-corrected chi connectivity index (χ0v) is 15.5. The van der Waals surface area contributed by atoms with E-state index >= 15 is 0 Å². The largest absolute Gasteiger partial charge is 0.469 e. The molecule has 1 aliphatic carbocycles. The average Bonchev–Trinajstić information content (AvgIpc) is 2.56. The van der Waals surface area contributed by atoms with E-state index in [-0.39, 0.29) is 23.8 Å². The molecule has 138 valence electrons. The van der Waals surface area contributed by atoms with Crippen molar-refractivity contribution < 1.29 is 14.3 Å². The van der Waals surface area contributed by atoms with Crippen LogP contribution in [-0.2, 0) is 20.7 Å². The molecule has 1 aromatic rings. The summed E-state index contributed by atoms with van der Waals surface area (Å²) in [6.45, 7) is 3.67. The van der Waals surface area contributed by atoms with Crippen LogP contribution >= 0.6 is 0 Å². The van der Waals surface area contributed by atoms with Crippen molar-refractivity contribution in [2.45, 2.75) is 57.5 Å². The summed E-state index contributed by atoms with van der Waals surface area (Å²) in [4.78, 5) is 23.4. The highest BCUT2D eigenvalue weighted by Crippen LogP contribution is 2.42. The lowest BCUT2D eigenvalue weighted by atomic mass is 9.62. The van der Waals surface area contributed by atoms with E-state index < -0.39 is 5.54 Å². The van der Waals surface area contributed by atoms with Gasteiger partial charge in [0, 0.05) is 13.0 Å². The van der Waals surface area contributed by atoms with Gasteiger partial charge in [0.1, 0.15) is 0 Å². The molecular formula is C20H30N2O3. The topological polar surface area (TPSA) is 81.4 Å². The first-order valence-corrected chi connectivity index (χ1v) is 9.06. The number of esters is 1. The summed E-state index contributed by atoms with van der Waals surface area (Å²) < 4.78 is 4.82. The maximum absolute atomic E-state index is 11.7. The molecule has 1 aliphatic rings. The van der Waals surface area contributed by atoms with Crippen LogP contribution in [0.5, 0.6) is 0 Å². The van der Waals surface area contributed by atoms with Crippen LogP contribution in [0.25, 0.3) is 0 Å². The van der Waals surface area contributed by atoms with Crippen molar-refractivity contribution in [1.82, 2.24) is 5.32 Å².